The molecule has 0 saturated heterocycles. The fourth-order valence-corrected chi connectivity index (χ4v) is 2.45. The second-order valence-electron chi connectivity index (χ2n) is 5.20. The number of rotatable bonds is 6. The first-order valence-corrected chi connectivity index (χ1v) is 7.90. The summed E-state index contributed by atoms with van der Waals surface area (Å²) in [4.78, 5) is 9.35. The van der Waals surface area contributed by atoms with Gasteiger partial charge in [0.1, 0.15) is 5.82 Å². The van der Waals surface area contributed by atoms with Crippen molar-refractivity contribution < 1.29 is 0 Å². The molecule has 2 aromatic rings. The molecule has 0 radical (unpaired) electrons. The van der Waals surface area contributed by atoms with Crippen LogP contribution < -0.4 is 5.32 Å². The van der Waals surface area contributed by atoms with Gasteiger partial charge in [-0.2, -0.15) is 0 Å². The minimum atomic E-state index is 0.741. The van der Waals surface area contributed by atoms with Gasteiger partial charge in [0.05, 0.1) is 0 Å². The molecule has 0 saturated carbocycles. The van der Waals surface area contributed by atoms with Crippen LogP contribution in [0.25, 0.3) is 11.4 Å². The maximum atomic E-state index is 6.03. The van der Waals surface area contributed by atoms with E-state index in [1.54, 1.807) is 0 Å². The van der Waals surface area contributed by atoms with Gasteiger partial charge >= 0.3 is 0 Å². The Bertz CT molecular complexity index is 611. The zero-order chi connectivity index (χ0) is 15.2. The van der Waals surface area contributed by atoms with E-state index in [-0.39, 0.29) is 0 Å². The van der Waals surface area contributed by atoms with Gasteiger partial charge < -0.3 is 5.32 Å². The predicted molar refractivity (Wildman–Crippen MR) is 90.0 cm³/mol. The summed E-state index contributed by atoms with van der Waals surface area (Å²) >= 11 is 6.03. The molecular formula is C17H22ClN3. The Kier molecular flexibility index (Phi) is 5.57. The zero-order valence-electron chi connectivity index (χ0n) is 12.9. The number of hydrogen-bond acceptors (Lipinski definition) is 3. The molecule has 3 nitrogen and oxygen atoms in total. The maximum absolute atomic E-state index is 6.03. The molecule has 0 bridgehead atoms. The molecule has 2 rings (SSSR count). The lowest BCUT2D eigenvalue weighted by atomic mass is 10.1. The van der Waals surface area contributed by atoms with Crippen LogP contribution in [-0.2, 0) is 6.42 Å². The predicted octanol–water partition coefficient (Wildman–Crippen LogP) is 4.88. The van der Waals surface area contributed by atoms with Crippen LogP contribution in [0.1, 0.15) is 37.9 Å². The molecule has 0 unspecified atom stereocenters. The first-order valence-electron chi connectivity index (χ1n) is 7.52. The minimum Gasteiger partial charge on any atom is -0.370 e. The molecule has 4 heteroatoms. The van der Waals surface area contributed by atoms with Crippen LogP contribution in [0.2, 0.25) is 5.02 Å². The van der Waals surface area contributed by atoms with Crippen molar-refractivity contribution in [2.75, 3.05) is 11.9 Å². The van der Waals surface area contributed by atoms with Crippen molar-refractivity contribution in [3.05, 3.63) is 40.5 Å². The van der Waals surface area contributed by atoms with Crippen molar-refractivity contribution >= 4 is 17.4 Å². The molecule has 112 valence electrons. The molecule has 21 heavy (non-hydrogen) atoms. The topological polar surface area (TPSA) is 37.8 Å². The summed E-state index contributed by atoms with van der Waals surface area (Å²) in [5.41, 5.74) is 3.21. The maximum Gasteiger partial charge on any atom is 0.162 e. The molecule has 1 N–H and O–H groups in total. The normalized spacial score (nSPS) is 10.7. The summed E-state index contributed by atoms with van der Waals surface area (Å²) in [6.45, 7) is 7.26. The first kappa shape index (κ1) is 15.8. The van der Waals surface area contributed by atoms with Gasteiger partial charge in [-0.15, -0.1) is 0 Å². The van der Waals surface area contributed by atoms with Crippen LogP contribution >= 0.6 is 11.6 Å². The molecule has 0 aliphatic rings. The highest BCUT2D eigenvalue weighted by Gasteiger charge is 2.09. The van der Waals surface area contributed by atoms with Gasteiger partial charge in [-0.3, -0.25) is 0 Å². The third-order valence-electron chi connectivity index (χ3n) is 3.27. The number of aryl methyl sites for hydroxylation is 2. The Hall–Kier alpha value is -1.61. The standard InChI is InChI=1S/C17H22ClN3/c1-4-6-14-11-16(19-9-5-2)21-17(20-14)15-8-7-13(18)10-12(15)3/h7-8,10-11H,4-6,9H2,1-3H3,(H,19,20,21). The second-order valence-corrected chi connectivity index (χ2v) is 5.64. The smallest absolute Gasteiger partial charge is 0.162 e. The quantitative estimate of drug-likeness (QED) is 0.826. The highest BCUT2D eigenvalue weighted by atomic mass is 35.5. The average Bonchev–Trinajstić information content (AvgIpc) is 2.45. The largest absolute Gasteiger partial charge is 0.370 e. The van der Waals surface area contributed by atoms with Gasteiger partial charge in [-0.25, -0.2) is 9.97 Å². The molecule has 0 amide bonds. The highest BCUT2D eigenvalue weighted by Crippen LogP contribution is 2.25. The summed E-state index contributed by atoms with van der Waals surface area (Å²) in [6.07, 6.45) is 3.11. The van der Waals surface area contributed by atoms with Crippen LogP contribution in [0.4, 0.5) is 5.82 Å². The fraction of sp³-hybridized carbons (Fsp3) is 0.412. The lowest BCUT2D eigenvalue weighted by molar-refractivity contribution is 0.872. The van der Waals surface area contributed by atoms with Crippen molar-refractivity contribution in [1.29, 1.82) is 0 Å². The van der Waals surface area contributed by atoms with E-state index < -0.39 is 0 Å². The molecule has 0 aliphatic carbocycles. The third kappa shape index (κ3) is 4.18. The van der Waals surface area contributed by atoms with Gasteiger partial charge in [-0.1, -0.05) is 31.9 Å². The number of nitrogens with zero attached hydrogens (tertiary/aromatic N) is 2. The summed E-state index contributed by atoms with van der Waals surface area (Å²) in [5.74, 6) is 1.67. The van der Waals surface area contributed by atoms with E-state index in [4.69, 9.17) is 16.6 Å². The third-order valence-corrected chi connectivity index (χ3v) is 3.51. The summed E-state index contributed by atoms with van der Waals surface area (Å²) < 4.78 is 0. The molecule has 0 atom stereocenters. The van der Waals surface area contributed by atoms with Gasteiger partial charge in [0.2, 0.25) is 0 Å². The van der Waals surface area contributed by atoms with E-state index in [1.165, 1.54) is 0 Å². The molecule has 1 heterocycles. The molecule has 0 fully saturated rings. The van der Waals surface area contributed by atoms with Crippen molar-refractivity contribution in [3.8, 4) is 11.4 Å². The van der Waals surface area contributed by atoms with E-state index in [0.29, 0.717) is 0 Å². The number of anilines is 1. The average molecular weight is 304 g/mol. The summed E-state index contributed by atoms with van der Waals surface area (Å²) in [7, 11) is 0. The van der Waals surface area contributed by atoms with Crippen LogP contribution in [0.15, 0.2) is 24.3 Å². The Morgan fingerprint density at radius 2 is 1.90 bits per heavy atom. The molecule has 0 spiro atoms. The Balaban J connectivity index is 2.43. The van der Waals surface area contributed by atoms with E-state index in [2.05, 4.69) is 24.1 Å². The molecule has 0 aliphatic heterocycles. The number of aromatic nitrogens is 2. The van der Waals surface area contributed by atoms with E-state index >= 15 is 0 Å². The van der Waals surface area contributed by atoms with Crippen LogP contribution in [0.5, 0.6) is 0 Å². The Morgan fingerprint density at radius 3 is 2.57 bits per heavy atom. The number of nitrogens with one attached hydrogen (secondary N) is 1. The number of benzene rings is 1. The van der Waals surface area contributed by atoms with Gasteiger partial charge in [0.15, 0.2) is 5.82 Å². The van der Waals surface area contributed by atoms with E-state index in [0.717, 1.165) is 59.3 Å². The van der Waals surface area contributed by atoms with Crippen LogP contribution in [0.3, 0.4) is 0 Å². The van der Waals surface area contributed by atoms with Gasteiger partial charge in [0, 0.05) is 28.9 Å². The molecule has 1 aromatic carbocycles. The number of hydrogen-bond donors (Lipinski definition) is 1. The lowest BCUT2D eigenvalue weighted by Crippen LogP contribution is -2.06. The van der Waals surface area contributed by atoms with Gasteiger partial charge in [0.25, 0.3) is 0 Å². The Morgan fingerprint density at radius 1 is 1.10 bits per heavy atom. The van der Waals surface area contributed by atoms with E-state index in [1.807, 2.05) is 31.2 Å². The second kappa shape index (κ2) is 7.41. The highest BCUT2D eigenvalue weighted by molar-refractivity contribution is 6.30. The van der Waals surface area contributed by atoms with Crippen LogP contribution in [-0.4, -0.2) is 16.5 Å². The monoisotopic (exact) mass is 303 g/mol. The van der Waals surface area contributed by atoms with Crippen LogP contribution in [0, 0.1) is 6.92 Å². The van der Waals surface area contributed by atoms with Crippen molar-refractivity contribution in [2.45, 2.75) is 40.0 Å². The summed E-state index contributed by atoms with van der Waals surface area (Å²) in [6, 6.07) is 7.88. The van der Waals surface area contributed by atoms with Crippen molar-refractivity contribution in [2.24, 2.45) is 0 Å². The van der Waals surface area contributed by atoms with Crippen molar-refractivity contribution in [1.82, 2.24) is 9.97 Å². The zero-order valence-corrected chi connectivity index (χ0v) is 13.7. The van der Waals surface area contributed by atoms with E-state index in [9.17, 15) is 0 Å². The SMILES string of the molecule is CCCNc1cc(CCC)nc(-c2ccc(Cl)cc2C)n1. The number of halogens is 1. The van der Waals surface area contributed by atoms with Gasteiger partial charge in [-0.05, 0) is 43.5 Å². The van der Waals surface area contributed by atoms with Crippen molar-refractivity contribution in [3.63, 3.8) is 0 Å². The molecule has 1 aromatic heterocycles. The summed E-state index contributed by atoms with van der Waals surface area (Å²) in [5, 5.41) is 4.10. The fourth-order valence-electron chi connectivity index (χ4n) is 2.22. The minimum absolute atomic E-state index is 0.741. The molecular weight excluding hydrogens is 282 g/mol. The lowest BCUT2D eigenvalue weighted by Gasteiger charge is -2.11. The first-order chi connectivity index (χ1) is 10.1. The Labute approximate surface area is 131 Å².